The smallest absolute Gasteiger partial charge is 0.417 e. The summed E-state index contributed by atoms with van der Waals surface area (Å²) in [6.07, 6.45) is -3.48. The van der Waals surface area contributed by atoms with E-state index in [1.54, 1.807) is 34.9 Å². The number of rotatable bonds is 5. The summed E-state index contributed by atoms with van der Waals surface area (Å²) >= 11 is 0. The van der Waals surface area contributed by atoms with Crippen molar-refractivity contribution in [2.75, 3.05) is 5.32 Å². The Morgan fingerprint density at radius 1 is 1.00 bits per heavy atom. The van der Waals surface area contributed by atoms with Crippen LogP contribution in [-0.2, 0) is 6.18 Å². The van der Waals surface area contributed by atoms with Crippen LogP contribution in [0, 0.1) is 6.92 Å². The Bertz CT molecular complexity index is 1600. The lowest BCUT2D eigenvalue weighted by atomic mass is 9.99. The number of nitrogens with one attached hydrogen (secondary N) is 1. The molecule has 0 aliphatic rings. The molecule has 0 amide bonds. The Morgan fingerprint density at radius 3 is 2.51 bits per heavy atom. The normalized spacial score (nSPS) is 12.6. The van der Waals surface area contributed by atoms with Crippen molar-refractivity contribution in [3.63, 3.8) is 0 Å². The van der Waals surface area contributed by atoms with Gasteiger partial charge in [-0.1, -0.05) is 6.07 Å². The van der Waals surface area contributed by atoms with E-state index in [-0.39, 0.29) is 22.6 Å². The summed E-state index contributed by atoms with van der Waals surface area (Å²) in [5.74, 6) is 0.0769. The van der Waals surface area contributed by atoms with Gasteiger partial charge in [-0.15, -0.1) is 5.10 Å². The number of fused-ring (bicyclic) bond motifs is 1. The number of imidazole rings is 1. The summed E-state index contributed by atoms with van der Waals surface area (Å²) in [6.45, 7) is 3.27. The molecule has 4 heterocycles. The summed E-state index contributed by atoms with van der Waals surface area (Å²) in [5, 5.41) is 31.1. The predicted molar refractivity (Wildman–Crippen MR) is 129 cm³/mol. The molecular formula is C25H20F3N7O2. The van der Waals surface area contributed by atoms with E-state index in [0.29, 0.717) is 22.9 Å². The highest BCUT2D eigenvalue weighted by molar-refractivity contribution is 5.82. The lowest BCUT2D eigenvalue weighted by Gasteiger charge is -2.17. The number of aryl methyl sites for hydroxylation is 1. The number of hydrogen-bond acceptors (Lipinski definition) is 8. The van der Waals surface area contributed by atoms with Gasteiger partial charge in [0.2, 0.25) is 5.88 Å². The summed E-state index contributed by atoms with van der Waals surface area (Å²) in [4.78, 5) is 12.5. The number of pyridine rings is 2. The number of hydrogen-bond donors (Lipinski definition) is 3. The van der Waals surface area contributed by atoms with Gasteiger partial charge in [0.15, 0.2) is 5.82 Å². The lowest BCUT2D eigenvalue weighted by Crippen LogP contribution is -2.10. The average Bonchev–Trinajstić information content (AvgIpc) is 3.28. The van der Waals surface area contributed by atoms with Crippen LogP contribution in [0.15, 0.2) is 61.1 Å². The molecule has 0 bridgehead atoms. The second-order valence-corrected chi connectivity index (χ2v) is 8.37. The van der Waals surface area contributed by atoms with E-state index in [1.807, 2.05) is 13.0 Å². The molecule has 5 aromatic rings. The van der Waals surface area contributed by atoms with Crippen molar-refractivity contribution in [1.82, 2.24) is 29.7 Å². The first-order valence-corrected chi connectivity index (χ1v) is 11.1. The Hall–Kier alpha value is -4.58. The van der Waals surface area contributed by atoms with Gasteiger partial charge in [0.25, 0.3) is 0 Å². The largest absolute Gasteiger partial charge is 0.493 e. The minimum Gasteiger partial charge on any atom is -0.493 e. The van der Waals surface area contributed by atoms with E-state index in [2.05, 4.69) is 30.5 Å². The summed E-state index contributed by atoms with van der Waals surface area (Å²) < 4.78 is 43.0. The highest BCUT2D eigenvalue weighted by Crippen LogP contribution is 2.40. The van der Waals surface area contributed by atoms with Gasteiger partial charge in [-0.2, -0.15) is 18.3 Å². The summed E-state index contributed by atoms with van der Waals surface area (Å²) in [7, 11) is 0. The Kier molecular flexibility index (Phi) is 5.96. The molecule has 188 valence electrons. The molecule has 1 atom stereocenters. The molecule has 0 aliphatic carbocycles. The van der Waals surface area contributed by atoms with Gasteiger partial charge >= 0.3 is 6.18 Å². The maximum atomic E-state index is 13.8. The summed E-state index contributed by atoms with van der Waals surface area (Å²) in [5.41, 5.74) is 1.37. The number of halogens is 3. The Morgan fingerprint density at radius 2 is 1.81 bits per heavy atom. The molecule has 1 aromatic carbocycles. The Balaban J connectivity index is 1.58. The van der Waals surface area contributed by atoms with Crippen molar-refractivity contribution in [2.24, 2.45) is 0 Å². The number of alkyl halides is 3. The zero-order valence-corrected chi connectivity index (χ0v) is 19.6. The molecule has 0 saturated carbocycles. The number of anilines is 2. The van der Waals surface area contributed by atoms with Crippen LogP contribution in [0.4, 0.5) is 24.7 Å². The van der Waals surface area contributed by atoms with Gasteiger partial charge in [-0.25, -0.2) is 15.0 Å². The van der Waals surface area contributed by atoms with E-state index in [9.17, 15) is 23.4 Å². The van der Waals surface area contributed by atoms with E-state index in [4.69, 9.17) is 0 Å². The molecule has 12 heteroatoms. The number of benzene rings is 1. The van der Waals surface area contributed by atoms with Crippen molar-refractivity contribution in [3.8, 4) is 23.0 Å². The molecule has 4 aromatic heterocycles. The number of nitrogens with zero attached hydrogens (tertiary/aromatic N) is 6. The van der Waals surface area contributed by atoms with Crippen LogP contribution < -0.4 is 5.32 Å². The first-order chi connectivity index (χ1) is 17.6. The van der Waals surface area contributed by atoms with Crippen LogP contribution >= 0.6 is 0 Å². The van der Waals surface area contributed by atoms with Crippen LogP contribution in [0.2, 0.25) is 0 Å². The highest BCUT2D eigenvalue weighted by atomic mass is 19.4. The third-order valence-electron chi connectivity index (χ3n) is 5.68. The summed E-state index contributed by atoms with van der Waals surface area (Å²) in [6, 6.07) is 12.6. The van der Waals surface area contributed by atoms with Gasteiger partial charge < -0.3 is 15.5 Å². The van der Waals surface area contributed by atoms with Crippen LogP contribution in [-0.4, -0.2) is 39.9 Å². The fourth-order valence-corrected chi connectivity index (χ4v) is 3.90. The van der Waals surface area contributed by atoms with Crippen molar-refractivity contribution >= 4 is 22.5 Å². The topological polar surface area (TPSA) is 122 Å². The molecule has 3 N–H and O–H groups in total. The maximum absolute atomic E-state index is 13.8. The zero-order valence-electron chi connectivity index (χ0n) is 19.6. The van der Waals surface area contributed by atoms with Gasteiger partial charge in [0.05, 0.1) is 34.1 Å². The quantitative estimate of drug-likeness (QED) is 0.300. The molecule has 0 aliphatic heterocycles. The fourth-order valence-electron chi connectivity index (χ4n) is 3.90. The number of aromatic hydroxyl groups is 1. The molecule has 0 spiro atoms. The average molecular weight is 507 g/mol. The molecule has 9 nitrogen and oxygen atoms in total. The van der Waals surface area contributed by atoms with E-state index in [1.165, 1.54) is 19.3 Å². The molecule has 1 unspecified atom stereocenters. The van der Waals surface area contributed by atoms with Crippen molar-refractivity contribution in [1.29, 1.82) is 0 Å². The fraction of sp³-hybridized carbons (Fsp3) is 0.160. The van der Waals surface area contributed by atoms with E-state index >= 15 is 0 Å². The molecule has 0 fully saturated rings. The third kappa shape index (κ3) is 4.78. The van der Waals surface area contributed by atoms with Crippen molar-refractivity contribution in [3.05, 3.63) is 77.9 Å². The van der Waals surface area contributed by atoms with Gasteiger partial charge in [-0.05, 0) is 50.2 Å². The van der Waals surface area contributed by atoms with E-state index in [0.717, 1.165) is 17.6 Å². The zero-order chi connectivity index (χ0) is 26.3. The second-order valence-electron chi connectivity index (χ2n) is 8.37. The van der Waals surface area contributed by atoms with Crippen LogP contribution in [0.3, 0.4) is 0 Å². The maximum Gasteiger partial charge on any atom is 0.417 e. The predicted octanol–water partition coefficient (Wildman–Crippen LogP) is 5.10. The highest BCUT2D eigenvalue weighted by Gasteiger charge is 2.36. The number of aromatic nitrogens is 6. The second kappa shape index (κ2) is 9.13. The monoisotopic (exact) mass is 507 g/mol. The van der Waals surface area contributed by atoms with Crippen molar-refractivity contribution in [2.45, 2.75) is 26.1 Å². The van der Waals surface area contributed by atoms with Crippen LogP contribution in [0.25, 0.3) is 28.1 Å². The molecule has 5 rings (SSSR count). The first-order valence-electron chi connectivity index (χ1n) is 11.1. The first kappa shape index (κ1) is 24.1. The van der Waals surface area contributed by atoms with Gasteiger partial charge in [-0.3, -0.25) is 4.57 Å². The molecule has 0 saturated heterocycles. The van der Waals surface area contributed by atoms with Crippen LogP contribution in [0.1, 0.15) is 29.8 Å². The van der Waals surface area contributed by atoms with Gasteiger partial charge in [0, 0.05) is 29.1 Å². The minimum absolute atomic E-state index is 0.106. The van der Waals surface area contributed by atoms with E-state index < -0.39 is 23.7 Å². The molecule has 37 heavy (non-hydrogen) atoms. The molecule has 0 radical (unpaired) electrons. The van der Waals surface area contributed by atoms with Crippen LogP contribution in [0.5, 0.6) is 5.88 Å². The minimum atomic E-state index is -4.78. The standard InChI is InChI=1S/C25H20F3N7O2/c1-13-3-7-21(34-33-13)31-15-4-6-20-19(9-15)30-12-35(20)22-8-5-16(14(2)36)24(32-22)17-11-29-23(37)10-18(17)25(26,27)28/h3-12,14,36H,1-2H3,(H,29,37)(H,31,34). The third-order valence-corrected chi connectivity index (χ3v) is 5.68. The Labute approximate surface area is 208 Å². The number of aliphatic hydroxyl groups excluding tert-OH is 1. The van der Waals surface area contributed by atoms with Gasteiger partial charge in [0.1, 0.15) is 12.1 Å². The SMILES string of the molecule is Cc1ccc(Nc2ccc3c(c2)ncn3-c2ccc(C(C)O)c(-c3cnc(O)cc3C(F)(F)F)n2)nn1. The molecular weight excluding hydrogens is 487 g/mol. The lowest BCUT2D eigenvalue weighted by molar-refractivity contribution is -0.137. The number of aliphatic hydroxyl groups is 1. The van der Waals surface area contributed by atoms with Crippen molar-refractivity contribution < 1.29 is 23.4 Å².